The summed E-state index contributed by atoms with van der Waals surface area (Å²) in [5.74, 6) is -3.47. The maximum absolute atomic E-state index is 11.3. The van der Waals surface area contributed by atoms with Gasteiger partial charge in [0.15, 0.2) is 11.4 Å². The van der Waals surface area contributed by atoms with Crippen LogP contribution in [0.1, 0.15) is 10.4 Å². The molecule has 0 aromatic heterocycles. The number of carbonyl (C=O) groups is 1. The number of carbonyl (C=O) groups excluding carboxylic acids is 1. The Morgan fingerprint density at radius 2 is 1.04 bits per heavy atom. The van der Waals surface area contributed by atoms with Crippen molar-refractivity contribution in [3.8, 4) is 34.1 Å². The second kappa shape index (κ2) is 18.3. The molecular weight excluding hydrogens is 742 g/mol. The quantitative estimate of drug-likeness (QED) is 0.0936. The zero-order valence-corrected chi connectivity index (χ0v) is 31.7. The molecule has 19 heteroatoms. The summed E-state index contributed by atoms with van der Waals surface area (Å²) in [6.45, 7) is 0. The van der Waals surface area contributed by atoms with E-state index in [0.29, 0.717) is 11.4 Å². The third kappa shape index (κ3) is 10.5. The first kappa shape index (κ1) is 42.2. The van der Waals surface area contributed by atoms with Crippen LogP contribution in [0.3, 0.4) is 0 Å². The van der Waals surface area contributed by atoms with E-state index in [4.69, 9.17) is 0 Å². The van der Waals surface area contributed by atoms with Gasteiger partial charge in [-0.3, -0.25) is 0 Å². The molecule has 5 aromatic rings. The van der Waals surface area contributed by atoms with Gasteiger partial charge < -0.3 is 34.9 Å². The largest absolute Gasteiger partial charge is 1.00 e. The van der Waals surface area contributed by atoms with Crippen LogP contribution in [0.15, 0.2) is 133 Å². The number of carboxylic acid groups (broad SMARTS) is 1. The number of aromatic hydroxyl groups is 4. The van der Waals surface area contributed by atoms with E-state index in [2.05, 4.69) is 30.7 Å². The van der Waals surface area contributed by atoms with Crippen molar-refractivity contribution in [1.29, 1.82) is 0 Å². The average Bonchev–Trinajstić information content (AvgIpc) is 3.04. The molecule has 1 radical (unpaired) electrons. The van der Waals surface area contributed by atoms with Crippen LogP contribution in [0.4, 0.5) is 34.1 Å². The molecule has 50 heavy (non-hydrogen) atoms. The predicted octanol–water partition coefficient (Wildman–Crippen LogP) is 0.695. The normalized spacial score (nSPS) is 11.2. The number of nitrogens with zero attached hydrogens (tertiary/aromatic N) is 6. The molecule has 0 fully saturated rings. The van der Waals surface area contributed by atoms with Crippen molar-refractivity contribution in [3.63, 3.8) is 0 Å². The Balaban J connectivity index is 0.00000289. The molecule has 247 valence electrons. The second-order valence-corrected chi connectivity index (χ2v) is 11.0. The Labute approximate surface area is 339 Å². The summed E-state index contributed by atoms with van der Waals surface area (Å²) in [4.78, 5) is 10.4. The summed E-state index contributed by atoms with van der Waals surface area (Å²) in [7, 11) is -4.82. The summed E-state index contributed by atoms with van der Waals surface area (Å²) < 4.78 is 33.8. The van der Waals surface area contributed by atoms with Gasteiger partial charge in [-0.2, -0.15) is 15.3 Å². The van der Waals surface area contributed by atoms with Gasteiger partial charge in [0.1, 0.15) is 38.7 Å². The van der Waals surface area contributed by atoms with Gasteiger partial charge in [0, 0.05) is 22.6 Å². The van der Waals surface area contributed by atoms with Crippen LogP contribution in [0.5, 0.6) is 23.0 Å². The fraction of sp³-hybridized carbons (Fsp3) is 0. The van der Waals surface area contributed by atoms with Crippen molar-refractivity contribution >= 4 is 50.2 Å². The van der Waals surface area contributed by atoms with Crippen LogP contribution >= 0.6 is 0 Å². The fourth-order valence-electron chi connectivity index (χ4n) is 4.00. The van der Waals surface area contributed by atoms with Crippen molar-refractivity contribution in [2.75, 3.05) is 0 Å². The summed E-state index contributed by atoms with van der Waals surface area (Å²) >= 11 is 0. The summed E-state index contributed by atoms with van der Waals surface area (Å²) in [6.07, 6.45) is 0. The molecule has 0 unspecified atom stereocenters. The molecule has 0 saturated heterocycles. The monoisotopic (exact) mass is 761 g/mol. The van der Waals surface area contributed by atoms with Gasteiger partial charge in [0.05, 0.1) is 27.9 Å². The van der Waals surface area contributed by atoms with E-state index >= 15 is 0 Å². The first-order valence-electron chi connectivity index (χ1n) is 13.2. The van der Waals surface area contributed by atoms with E-state index in [1.54, 1.807) is 48.5 Å². The Kier molecular flexibility index (Phi) is 15.4. The molecule has 0 heterocycles. The van der Waals surface area contributed by atoms with Crippen LogP contribution in [0, 0.1) is 0 Å². The molecule has 0 aliphatic heterocycles. The molecule has 4 N–H and O–H groups in total. The first-order chi connectivity index (χ1) is 22.4. The van der Waals surface area contributed by atoms with Crippen molar-refractivity contribution in [2.45, 2.75) is 4.90 Å². The topological polar surface area (TPSA) is 252 Å². The van der Waals surface area contributed by atoms with Crippen LogP contribution in [-0.2, 0) is 27.2 Å². The summed E-state index contributed by atoms with van der Waals surface area (Å²) in [5, 5.41) is 74.9. The SMILES string of the molecule is O=C([O-])c1cc(N=Nc2ccc(-c3ccc(N=Nc4c(O)ccc(N=Nc5cc(S(=O)(=O)[O-])ccc5O)c4O)cc3)cc2)ccc1O.[Cu].[Na+].[Na+]. The molecule has 0 saturated carbocycles. The molecule has 0 amide bonds. The van der Waals surface area contributed by atoms with Crippen molar-refractivity contribution in [2.24, 2.45) is 30.7 Å². The molecular formula is C31H20CuN6Na2O9S. The van der Waals surface area contributed by atoms with Crippen LogP contribution in [0.25, 0.3) is 11.1 Å². The van der Waals surface area contributed by atoms with Crippen LogP contribution < -0.4 is 64.2 Å². The minimum atomic E-state index is -4.82. The maximum atomic E-state index is 11.3. The van der Waals surface area contributed by atoms with Crippen molar-refractivity contribution < 1.29 is 119 Å². The van der Waals surface area contributed by atoms with Crippen molar-refractivity contribution in [3.05, 3.63) is 103 Å². The third-order valence-corrected chi connectivity index (χ3v) is 7.26. The van der Waals surface area contributed by atoms with Gasteiger partial charge in [-0.25, -0.2) is 8.42 Å². The Bertz CT molecular complexity index is 2200. The van der Waals surface area contributed by atoms with E-state index in [-0.39, 0.29) is 98.9 Å². The van der Waals surface area contributed by atoms with Crippen LogP contribution in [-0.4, -0.2) is 39.4 Å². The number of benzene rings is 5. The van der Waals surface area contributed by atoms with E-state index in [1.807, 2.05) is 0 Å². The molecule has 5 aromatic carbocycles. The predicted molar refractivity (Wildman–Crippen MR) is 163 cm³/mol. The summed E-state index contributed by atoms with van der Waals surface area (Å²) in [5.41, 5.74) is 1.45. The summed E-state index contributed by atoms with van der Waals surface area (Å²) in [6, 6.07) is 22.6. The van der Waals surface area contributed by atoms with Gasteiger partial charge in [-0.15, -0.1) is 15.3 Å². The van der Waals surface area contributed by atoms with Gasteiger partial charge in [0.25, 0.3) is 0 Å². The first-order valence-corrected chi connectivity index (χ1v) is 14.6. The Morgan fingerprint density at radius 3 is 1.60 bits per heavy atom. The van der Waals surface area contributed by atoms with Gasteiger partial charge >= 0.3 is 59.1 Å². The van der Waals surface area contributed by atoms with Crippen LogP contribution in [0.2, 0.25) is 0 Å². The number of rotatable bonds is 9. The third-order valence-electron chi connectivity index (χ3n) is 6.42. The number of azo groups is 3. The molecule has 5 rings (SSSR count). The molecule has 0 bridgehead atoms. The maximum Gasteiger partial charge on any atom is 1.00 e. The molecule has 0 aliphatic carbocycles. The number of hydrogen-bond donors (Lipinski definition) is 4. The number of carboxylic acids is 1. The fourth-order valence-corrected chi connectivity index (χ4v) is 4.49. The van der Waals surface area contributed by atoms with E-state index in [1.165, 1.54) is 24.3 Å². The Hall–Kier alpha value is -4.00. The van der Waals surface area contributed by atoms with Crippen molar-refractivity contribution in [1.82, 2.24) is 0 Å². The van der Waals surface area contributed by atoms with E-state index in [9.17, 15) is 43.3 Å². The zero-order chi connectivity index (χ0) is 33.7. The van der Waals surface area contributed by atoms with Gasteiger partial charge in [-0.05, 0) is 83.9 Å². The molecule has 0 spiro atoms. The van der Waals surface area contributed by atoms with E-state index in [0.717, 1.165) is 35.4 Å². The molecule has 0 atom stereocenters. The number of phenols is 4. The molecule has 15 nitrogen and oxygen atoms in total. The minimum absolute atomic E-state index is 0. The number of phenolic OH excluding ortho intramolecular Hbond substituents is 3. The van der Waals surface area contributed by atoms with Gasteiger partial charge in [0.2, 0.25) is 0 Å². The smallest absolute Gasteiger partial charge is 0.744 e. The second-order valence-electron chi connectivity index (χ2n) is 9.59. The minimum Gasteiger partial charge on any atom is -0.744 e. The molecule has 0 aliphatic rings. The Morgan fingerprint density at radius 1 is 0.560 bits per heavy atom. The zero-order valence-electron chi connectivity index (χ0n) is 26.0. The average molecular weight is 762 g/mol. The van der Waals surface area contributed by atoms with Gasteiger partial charge in [-0.1, -0.05) is 24.3 Å². The number of aromatic carboxylic acids is 1. The standard InChI is InChI=1S/C31H22N6O9S.Cu.2Na/c38-26-12-9-21(15-23(26)31(42)43)34-32-19-5-1-17(2-6-19)18-3-7-20(8-4-18)33-37-29-28(40)14-11-24(30(29)41)35-36-25-16-22(47(44,45)46)10-13-27(25)39;;;/h1-16,38-41H,(H,42,43)(H,44,45,46);;;/q;;2*+1/p-2. The van der Waals surface area contributed by atoms with E-state index < -0.39 is 49.5 Å². The number of hydrogen-bond acceptors (Lipinski definition) is 15.